The Morgan fingerprint density at radius 1 is 1.47 bits per heavy atom. The highest BCUT2D eigenvalue weighted by molar-refractivity contribution is 5.96. The lowest BCUT2D eigenvalue weighted by Crippen LogP contribution is -2.16. The van der Waals surface area contributed by atoms with Crippen LogP contribution in [0.15, 0.2) is 18.2 Å². The standard InChI is InChI=1S/C12H14FNO/c13-10-7-9(4-5-11(10)14)12(15)6-8-2-1-3-8/h4-5,7-8H,1-3,6,14H2. The molecule has 0 aromatic heterocycles. The highest BCUT2D eigenvalue weighted by Gasteiger charge is 2.21. The fourth-order valence-corrected chi connectivity index (χ4v) is 1.78. The zero-order chi connectivity index (χ0) is 10.8. The van der Waals surface area contributed by atoms with E-state index < -0.39 is 5.82 Å². The van der Waals surface area contributed by atoms with Gasteiger partial charge < -0.3 is 5.73 Å². The first-order chi connectivity index (χ1) is 7.16. The first kappa shape index (κ1) is 10.1. The van der Waals surface area contributed by atoms with Crippen molar-refractivity contribution in [1.29, 1.82) is 0 Å². The van der Waals surface area contributed by atoms with Gasteiger partial charge in [0.1, 0.15) is 5.82 Å². The molecule has 1 aliphatic rings. The molecule has 1 aliphatic carbocycles. The van der Waals surface area contributed by atoms with E-state index in [1.165, 1.54) is 18.6 Å². The van der Waals surface area contributed by atoms with Gasteiger partial charge in [0, 0.05) is 12.0 Å². The molecule has 0 atom stereocenters. The topological polar surface area (TPSA) is 43.1 Å². The highest BCUT2D eigenvalue weighted by atomic mass is 19.1. The van der Waals surface area contributed by atoms with Crippen LogP contribution < -0.4 is 5.73 Å². The minimum absolute atomic E-state index is 0.0265. The number of halogens is 1. The van der Waals surface area contributed by atoms with Gasteiger partial charge in [0.25, 0.3) is 0 Å². The number of Topliss-reactive ketones (excluding diaryl/α,β-unsaturated/α-hetero) is 1. The van der Waals surface area contributed by atoms with Gasteiger partial charge in [-0.25, -0.2) is 4.39 Å². The zero-order valence-corrected chi connectivity index (χ0v) is 8.50. The van der Waals surface area contributed by atoms with Crippen molar-refractivity contribution in [3.63, 3.8) is 0 Å². The molecule has 0 radical (unpaired) electrons. The first-order valence-electron chi connectivity index (χ1n) is 5.25. The maximum absolute atomic E-state index is 13.1. The number of benzene rings is 1. The van der Waals surface area contributed by atoms with Crippen LogP contribution in [0.25, 0.3) is 0 Å². The van der Waals surface area contributed by atoms with E-state index in [4.69, 9.17) is 5.73 Å². The number of hydrogen-bond acceptors (Lipinski definition) is 2. The average molecular weight is 207 g/mol. The molecule has 1 fully saturated rings. The molecule has 0 saturated heterocycles. The Labute approximate surface area is 88.3 Å². The van der Waals surface area contributed by atoms with Crippen molar-refractivity contribution in [2.75, 3.05) is 5.73 Å². The molecule has 0 heterocycles. The van der Waals surface area contributed by atoms with Crippen LogP contribution in [0.1, 0.15) is 36.0 Å². The number of rotatable bonds is 3. The maximum Gasteiger partial charge on any atom is 0.163 e. The van der Waals surface area contributed by atoms with Crippen LogP contribution in [0, 0.1) is 11.7 Å². The summed E-state index contributed by atoms with van der Waals surface area (Å²) in [4.78, 5) is 11.7. The summed E-state index contributed by atoms with van der Waals surface area (Å²) in [5.41, 5.74) is 5.87. The molecular weight excluding hydrogens is 193 g/mol. The third-order valence-corrected chi connectivity index (χ3v) is 3.02. The summed E-state index contributed by atoms with van der Waals surface area (Å²) in [6.07, 6.45) is 4.02. The summed E-state index contributed by atoms with van der Waals surface area (Å²) in [6, 6.07) is 4.28. The van der Waals surface area contributed by atoms with Gasteiger partial charge >= 0.3 is 0 Å². The normalized spacial score (nSPS) is 16.1. The summed E-state index contributed by atoms with van der Waals surface area (Å²) in [5.74, 6) is 0.0335. The summed E-state index contributed by atoms with van der Waals surface area (Å²) in [6.45, 7) is 0. The van der Waals surface area contributed by atoms with E-state index in [0.29, 0.717) is 17.9 Å². The molecule has 2 N–H and O–H groups in total. The van der Waals surface area contributed by atoms with E-state index in [1.807, 2.05) is 0 Å². The van der Waals surface area contributed by atoms with Gasteiger partial charge in [-0.15, -0.1) is 0 Å². The second kappa shape index (κ2) is 4.01. The van der Waals surface area contributed by atoms with Crippen LogP contribution in [0.3, 0.4) is 0 Å². The van der Waals surface area contributed by atoms with Crippen LogP contribution in [0.5, 0.6) is 0 Å². The quantitative estimate of drug-likeness (QED) is 0.611. The molecule has 0 bridgehead atoms. The molecule has 2 nitrogen and oxygen atoms in total. The Morgan fingerprint density at radius 3 is 2.73 bits per heavy atom. The van der Waals surface area contributed by atoms with E-state index >= 15 is 0 Å². The minimum atomic E-state index is -0.505. The maximum atomic E-state index is 13.1. The highest BCUT2D eigenvalue weighted by Crippen LogP contribution is 2.30. The molecule has 0 aliphatic heterocycles. The molecule has 3 heteroatoms. The summed E-state index contributed by atoms with van der Waals surface area (Å²) in [5, 5.41) is 0. The second-order valence-corrected chi connectivity index (χ2v) is 4.16. The molecule has 1 aromatic carbocycles. The van der Waals surface area contributed by atoms with Gasteiger partial charge in [0.2, 0.25) is 0 Å². The molecule has 1 saturated carbocycles. The molecule has 2 rings (SSSR count). The molecule has 1 aromatic rings. The average Bonchev–Trinajstić information content (AvgIpc) is 2.15. The second-order valence-electron chi connectivity index (χ2n) is 4.16. The van der Waals surface area contributed by atoms with Crippen molar-refractivity contribution in [3.05, 3.63) is 29.6 Å². The van der Waals surface area contributed by atoms with Crippen molar-refractivity contribution in [2.45, 2.75) is 25.7 Å². The number of hydrogen-bond donors (Lipinski definition) is 1. The van der Waals surface area contributed by atoms with Gasteiger partial charge in [-0.1, -0.05) is 19.3 Å². The molecule has 0 amide bonds. The van der Waals surface area contributed by atoms with E-state index in [9.17, 15) is 9.18 Å². The van der Waals surface area contributed by atoms with Gasteiger partial charge in [-0.05, 0) is 24.1 Å². The lowest BCUT2D eigenvalue weighted by Gasteiger charge is -2.24. The third kappa shape index (κ3) is 2.17. The summed E-state index contributed by atoms with van der Waals surface area (Å²) >= 11 is 0. The Morgan fingerprint density at radius 2 is 2.20 bits per heavy atom. The molecular formula is C12H14FNO. The molecule has 15 heavy (non-hydrogen) atoms. The van der Waals surface area contributed by atoms with Gasteiger partial charge in [0.15, 0.2) is 5.78 Å². The predicted molar refractivity (Wildman–Crippen MR) is 57.1 cm³/mol. The van der Waals surface area contributed by atoms with Gasteiger partial charge in [-0.3, -0.25) is 4.79 Å². The van der Waals surface area contributed by atoms with Gasteiger partial charge in [0.05, 0.1) is 5.69 Å². The zero-order valence-electron chi connectivity index (χ0n) is 8.50. The number of ketones is 1. The van der Waals surface area contributed by atoms with Crippen molar-refractivity contribution in [3.8, 4) is 0 Å². The monoisotopic (exact) mass is 207 g/mol. The number of anilines is 1. The minimum Gasteiger partial charge on any atom is -0.396 e. The van der Waals surface area contributed by atoms with Crippen LogP contribution >= 0.6 is 0 Å². The van der Waals surface area contributed by atoms with Crippen LogP contribution in [-0.4, -0.2) is 5.78 Å². The number of nitrogen functional groups attached to an aromatic ring is 1. The number of carbonyl (C=O) groups excluding carboxylic acids is 1. The van der Waals surface area contributed by atoms with Gasteiger partial charge in [-0.2, -0.15) is 0 Å². The Bertz CT molecular complexity index is 385. The van der Waals surface area contributed by atoms with Crippen LogP contribution in [0.4, 0.5) is 10.1 Å². The predicted octanol–water partition coefficient (Wildman–Crippen LogP) is 2.78. The fraction of sp³-hybridized carbons (Fsp3) is 0.417. The lowest BCUT2D eigenvalue weighted by atomic mass is 9.81. The molecule has 0 spiro atoms. The SMILES string of the molecule is Nc1ccc(C(=O)CC2CCC2)cc1F. The summed E-state index contributed by atoms with van der Waals surface area (Å²) in [7, 11) is 0. The molecule has 0 unspecified atom stereocenters. The third-order valence-electron chi connectivity index (χ3n) is 3.02. The first-order valence-corrected chi connectivity index (χ1v) is 5.25. The van der Waals surface area contributed by atoms with E-state index in [1.54, 1.807) is 6.07 Å². The molecule has 80 valence electrons. The Kier molecular flexibility index (Phi) is 2.71. The summed E-state index contributed by atoms with van der Waals surface area (Å²) < 4.78 is 13.1. The fourth-order valence-electron chi connectivity index (χ4n) is 1.78. The lowest BCUT2D eigenvalue weighted by molar-refractivity contribution is 0.0936. The smallest absolute Gasteiger partial charge is 0.163 e. The number of nitrogens with two attached hydrogens (primary N) is 1. The van der Waals surface area contributed by atoms with Crippen LogP contribution in [0.2, 0.25) is 0 Å². The Hall–Kier alpha value is -1.38. The van der Waals surface area contributed by atoms with Crippen molar-refractivity contribution in [1.82, 2.24) is 0 Å². The van der Waals surface area contributed by atoms with E-state index in [0.717, 1.165) is 12.8 Å². The Balaban J connectivity index is 2.07. The largest absolute Gasteiger partial charge is 0.396 e. The van der Waals surface area contributed by atoms with E-state index in [2.05, 4.69) is 0 Å². The number of carbonyl (C=O) groups is 1. The van der Waals surface area contributed by atoms with Crippen LogP contribution in [-0.2, 0) is 0 Å². The van der Waals surface area contributed by atoms with Crippen molar-refractivity contribution < 1.29 is 9.18 Å². The van der Waals surface area contributed by atoms with Crippen molar-refractivity contribution in [2.24, 2.45) is 5.92 Å². The van der Waals surface area contributed by atoms with E-state index in [-0.39, 0.29) is 11.5 Å². The van der Waals surface area contributed by atoms with Crippen molar-refractivity contribution >= 4 is 11.5 Å².